The summed E-state index contributed by atoms with van der Waals surface area (Å²) in [6.07, 6.45) is 0. The summed E-state index contributed by atoms with van der Waals surface area (Å²) in [5.41, 5.74) is -3.28. The molecule has 0 aliphatic rings. The Labute approximate surface area is 224 Å². The third kappa shape index (κ3) is 5.36. The van der Waals surface area contributed by atoms with Gasteiger partial charge in [0.05, 0.1) is 25.9 Å². The van der Waals surface area contributed by atoms with Crippen LogP contribution in [0.1, 0.15) is 0 Å². The van der Waals surface area contributed by atoms with Crippen LogP contribution in [0.5, 0.6) is 0 Å². The second-order valence-electron chi connectivity index (χ2n) is 6.77. The van der Waals surface area contributed by atoms with Crippen LogP contribution in [0, 0.1) is 20.2 Å². The van der Waals surface area contributed by atoms with Gasteiger partial charge in [-0.1, -0.05) is 23.2 Å². The first kappa shape index (κ1) is 27.1. The van der Waals surface area contributed by atoms with Crippen LogP contribution in [-0.4, -0.2) is 19.8 Å². The van der Waals surface area contributed by atoms with Gasteiger partial charge < -0.3 is 9.97 Å². The van der Waals surface area contributed by atoms with Gasteiger partial charge in [-0.05, 0) is 56.1 Å². The van der Waals surface area contributed by atoms with Gasteiger partial charge >= 0.3 is 5.69 Å². The number of aromatic amines is 2. The molecule has 0 radical (unpaired) electrons. The maximum atomic E-state index is 11.8. The summed E-state index contributed by atoms with van der Waals surface area (Å²) in [6.45, 7) is 0. The van der Waals surface area contributed by atoms with Crippen molar-refractivity contribution in [2.45, 2.75) is 0 Å². The lowest BCUT2D eigenvalue weighted by Crippen LogP contribution is -2.02. The molecule has 16 heteroatoms. The summed E-state index contributed by atoms with van der Waals surface area (Å²) in [6, 6.07) is 6.61. The number of fused-ring (bicyclic) bond motifs is 2. The van der Waals surface area contributed by atoms with Crippen molar-refractivity contribution in [2.24, 2.45) is 0 Å². The number of benzene rings is 2. The molecule has 0 spiro atoms. The van der Waals surface area contributed by atoms with Crippen molar-refractivity contribution in [3.63, 3.8) is 0 Å². The molecule has 0 fully saturated rings. The van der Waals surface area contributed by atoms with Crippen LogP contribution >= 0.6 is 55.1 Å². The molecule has 2 aromatic carbocycles. The van der Waals surface area contributed by atoms with Crippen LogP contribution in [0.3, 0.4) is 0 Å². The van der Waals surface area contributed by atoms with E-state index in [4.69, 9.17) is 23.2 Å². The second kappa shape index (κ2) is 10.7. The summed E-state index contributed by atoms with van der Waals surface area (Å²) in [4.78, 5) is 71.4. The Morgan fingerprint density at radius 2 is 1.17 bits per heavy atom. The molecule has 0 aliphatic heterocycles. The molecule has 12 nitrogen and oxygen atoms in total. The lowest BCUT2D eigenvalue weighted by atomic mass is 10.2. The summed E-state index contributed by atoms with van der Waals surface area (Å²) >= 11 is 17.6. The third-order valence-electron chi connectivity index (χ3n) is 4.54. The smallest absolute Gasteiger partial charge is 0.302 e. The molecule has 0 unspecified atom stereocenters. The Morgan fingerprint density at radius 1 is 0.722 bits per heavy atom. The first-order chi connectivity index (χ1) is 16.8. The Bertz CT molecular complexity index is 1710. The number of hydrogen-bond acceptors (Lipinski definition) is 8. The van der Waals surface area contributed by atoms with E-state index in [1.807, 2.05) is 0 Å². The Hall–Kier alpha value is -3.46. The van der Waals surface area contributed by atoms with Crippen LogP contribution in [-0.2, 0) is 0 Å². The van der Waals surface area contributed by atoms with E-state index in [2.05, 4.69) is 41.8 Å². The van der Waals surface area contributed by atoms with Gasteiger partial charge in [0.25, 0.3) is 5.69 Å². The van der Waals surface area contributed by atoms with Crippen LogP contribution in [0.4, 0.5) is 11.4 Å². The zero-order valence-electron chi connectivity index (χ0n) is 17.1. The van der Waals surface area contributed by atoms with Gasteiger partial charge in [0.1, 0.15) is 20.3 Å². The number of nitrogens with one attached hydrogen (secondary N) is 2. The molecule has 0 saturated heterocycles. The fraction of sp³-hybridized carbons (Fsp3) is 0. The van der Waals surface area contributed by atoms with E-state index in [0.717, 1.165) is 24.3 Å². The molecular weight excluding hydrogens is 655 g/mol. The Kier molecular flexibility index (Phi) is 8.03. The third-order valence-corrected chi connectivity index (χ3v) is 7.27. The zero-order valence-corrected chi connectivity index (χ0v) is 21.8. The first-order valence-corrected chi connectivity index (χ1v) is 11.6. The van der Waals surface area contributed by atoms with Gasteiger partial charge in [0.2, 0.25) is 11.1 Å². The zero-order chi connectivity index (χ0) is 26.9. The molecule has 2 aromatic heterocycles. The van der Waals surface area contributed by atoms with E-state index >= 15 is 0 Å². The topological polar surface area (TPSA) is 186 Å². The minimum atomic E-state index is -0.809. The van der Waals surface area contributed by atoms with E-state index in [1.165, 1.54) is 12.1 Å². The first-order valence-electron chi connectivity index (χ1n) is 9.23. The fourth-order valence-electron chi connectivity index (χ4n) is 3.08. The molecule has 0 atom stereocenters. The summed E-state index contributed by atoms with van der Waals surface area (Å²) in [7, 11) is 0. The van der Waals surface area contributed by atoms with E-state index in [1.54, 1.807) is 0 Å². The van der Waals surface area contributed by atoms with E-state index in [-0.39, 0.29) is 42.0 Å². The normalized spacial score (nSPS) is 10.6. The Balaban J connectivity index is 0.000000201. The molecule has 0 amide bonds. The highest BCUT2D eigenvalue weighted by molar-refractivity contribution is 9.13. The predicted molar refractivity (Wildman–Crippen MR) is 140 cm³/mol. The summed E-state index contributed by atoms with van der Waals surface area (Å²) < 4.78 is 0.534. The van der Waals surface area contributed by atoms with Crippen LogP contribution in [0.25, 0.3) is 21.8 Å². The SMILES string of the molecule is O=c1ccc(=O)c2c([N+](=O)[O-])c(Br)c(Br)cc2[nH]1.O=c1ccc(=O)c2c([N+](=O)[O-])c(Cl)c(Cl)cc2[nH]1. The highest BCUT2D eigenvalue weighted by atomic mass is 79.9. The minimum Gasteiger partial charge on any atom is -0.322 e. The molecule has 4 rings (SSSR count). The van der Waals surface area contributed by atoms with Crippen molar-refractivity contribution in [1.82, 2.24) is 9.97 Å². The van der Waals surface area contributed by atoms with E-state index in [9.17, 15) is 39.4 Å². The lowest BCUT2D eigenvalue weighted by Gasteiger charge is -2.01. The van der Waals surface area contributed by atoms with E-state index < -0.39 is 37.5 Å². The Morgan fingerprint density at radius 3 is 1.64 bits per heavy atom. The number of aromatic nitrogens is 2. The maximum Gasteiger partial charge on any atom is 0.302 e. The highest BCUT2D eigenvalue weighted by Crippen LogP contribution is 2.37. The number of nitro benzene ring substituents is 2. The van der Waals surface area contributed by atoms with Crippen molar-refractivity contribution in [2.75, 3.05) is 0 Å². The molecule has 2 N–H and O–H groups in total. The van der Waals surface area contributed by atoms with Crippen LogP contribution in [0.2, 0.25) is 10.0 Å². The largest absolute Gasteiger partial charge is 0.322 e. The summed E-state index contributed by atoms with van der Waals surface area (Å²) in [5.74, 6) is 0. The molecule has 0 saturated carbocycles. The lowest BCUT2D eigenvalue weighted by molar-refractivity contribution is -0.384. The number of hydrogen-bond donors (Lipinski definition) is 2. The van der Waals surface area contributed by atoms with Crippen molar-refractivity contribution in [1.29, 1.82) is 0 Å². The molecule has 0 bridgehead atoms. The summed E-state index contributed by atoms with van der Waals surface area (Å²) in [5, 5.41) is 21.1. The average Bonchev–Trinajstić information content (AvgIpc) is 3.01. The van der Waals surface area contributed by atoms with Gasteiger partial charge in [0, 0.05) is 16.6 Å². The highest BCUT2D eigenvalue weighted by Gasteiger charge is 2.23. The molecule has 0 aliphatic carbocycles. The number of halogens is 4. The average molecular weight is 663 g/mol. The standard InChI is InChI=1S/C10H4Br2N2O4.C10H4Cl2N2O4/c2*11-4-3-5-8(10(9(4)12)14(17)18)6(15)1-2-7(16)13-5/h2*1-3H,(H,13,16). The van der Waals surface area contributed by atoms with Gasteiger partial charge in [-0.2, -0.15) is 0 Å². The molecular formula is C20H8Br2Cl2N4O8. The van der Waals surface area contributed by atoms with E-state index in [0.29, 0.717) is 4.47 Å². The van der Waals surface area contributed by atoms with Gasteiger partial charge in [0.15, 0.2) is 10.9 Å². The van der Waals surface area contributed by atoms with Crippen molar-refractivity contribution in [3.8, 4) is 0 Å². The monoisotopic (exact) mass is 660 g/mol. The van der Waals surface area contributed by atoms with Gasteiger partial charge in [-0.3, -0.25) is 39.4 Å². The number of nitrogens with zero attached hydrogens (tertiary/aromatic N) is 2. The maximum absolute atomic E-state index is 11.8. The second-order valence-corrected chi connectivity index (χ2v) is 9.21. The van der Waals surface area contributed by atoms with Crippen molar-refractivity contribution >= 4 is 88.2 Å². The van der Waals surface area contributed by atoms with Crippen LogP contribution < -0.4 is 22.0 Å². The molecule has 4 aromatic rings. The molecule has 184 valence electrons. The number of nitro groups is 2. The number of rotatable bonds is 2. The van der Waals surface area contributed by atoms with Crippen molar-refractivity contribution in [3.05, 3.63) is 117 Å². The number of H-pyrrole nitrogens is 2. The van der Waals surface area contributed by atoms with Gasteiger partial charge in [-0.25, -0.2) is 0 Å². The van der Waals surface area contributed by atoms with Crippen LogP contribution in [0.15, 0.2) is 64.5 Å². The predicted octanol–water partition coefficient (Wildman–Crippen LogP) is 4.42. The molecule has 36 heavy (non-hydrogen) atoms. The molecule has 2 heterocycles. The minimum absolute atomic E-state index is 0.0314. The van der Waals surface area contributed by atoms with Crippen molar-refractivity contribution < 1.29 is 9.85 Å². The fourth-order valence-corrected chi connectivity index (χ4v) is 4.37. The quantitative estimate of drug-likeness (QED) is 0.233. The van der Waals surface area contributed by atoms with Gasteiger partial charge in [-0.15, -0.1) is 0 Å².